The molecule has 0 fully saturated rings. The largest absolute Gasteiger partial charge is 0.493 e. The van der Waals surface area contributed by atoms with E-state index in [1.165, 1.54) is 10.2 Å². The van der Waals surface area contributed by atoms with Gasteiger partial charge in [0.05, 0.1) is 18.3 Å². The topological polar surface area (TPSA) is 82.2 Å². The zero-order valence-corrected chi connectivity index (χ0v) is 13.7. The Labute approximate surface area is 135 Å². The monoisotopic (exact) mass is 314 g/mol. The van der Waals surface area contributed by atoms with Crippen molar-refractivity contribution in [3.8, 4) is 5.75 Å². The molecule has 2 heterocycles. The molecule has 1 aliphatic heterocycles. The summed E-state index contributed by atoms with van der Waals surface area (Å²) in [6.45, 7) is 4.48. The molecular weight excluding hydrogens is 292 g/mol. The first-order valence-electron chi connectivity index (χ1n) is 7.87. The Kier molecular flexibility index (Phi) is 3.98. The van der Waals surface area contributed by atoms with Crippen LogP contribution in [-0.4, -0.2) is 22.3 Å². The highest BCUT2D eigenvalue weighted by Crippen LogP contribution is 2.35. The van der Waals surface area contributed by atoms with Gasteiger partial charge in [0.1, 0.15) is 17.1 Å². The third kappa shape index (κ3) is 2.65. The SMILES string of the molecule is CCc1cccc2c1OCCC2NC(=O)c1c(C)nn(C)c1N. The summed E-state index contributed by atoms with van der Waals surface area (Å²) in [6.07, 6.45) is 1.64. The Morgan fingerprint density at radius 2 is 2.30 bits per heavy atom. The number of aromatic nitrogens is 2. The van der Waals surface area contributed by atoms with E-state index in [9.17, 15) is 4.79 Å². The number of hydrogen-bond acceptors (Lipinski definition) is 4. The number of benzene rings is 1. The van der Waals surface area contributed by atoms with Gasteiger partial charge in [0.2, 0.25) is 0 Å². The average molecular weight is 314 g/mol. The maximum Gasteiger partial charge on any atom is 0.257 e. The lowest BCUT2D eigenvalue weighted by atomic mass is 9.96. The second-order valence-corrected chi connectivity index (χ2v) is 5.82. The van der Waals surface area contributed by atoms with Crippen molar-refractivity contribution < 1.29 is 9.53 Å². The van der Waals surface area contributed by atoms with Gasteiger partial charge in [-0.25, -0.2) is 0 Å². The first kappa shape index (κ1) is 15.4. The third-order valence-corrected chi connectivity index (χ3v) is 4.34. The van der Waals surface area contributed by atoms with Gasteiger partial charge < -0.3 is 15.8 Å². The number of nitrogens with zero attached hydrogens (tertiary/aromatic N) is 2. The van der Waals surface area contributed by atoms with Gasteiger partial charge in [0.25, 0.3) is 5.91 Å². The molecule has 0 bridgehead atoms. The van der Waals surface area contributed by atoms with Gasteiger partial charge in [0, 0.05) is 19.0 Å². The van der Waals surface area contributed by atoms with E-state index in [0.29, 0.717) is 23.7 Å². The summed E-state index contributed by atoms with van der Waals surface area (Å²) in [4.78, 5) is 12.6. The number of carbonyl (C=O) groups is 1. The van der Waals surface area contributed by atoms with Crippen molar-refractivity contribution in [3.63, 3.8) is 0 Å². The first-order valence-corrected chi connectivity index (χ1v) is 7.87. The van der Waals surface area contributed by atoms with E-state index >= 15 is 0 Å². The molecule has 3 N–H and O–H groups in total. The summed E-state index contributed by atoms with van der Waals surface area (Å²) < 4.78 is 7.35. The highest BCUT2D eigenvalue weighted by atomic mass is 16.5. The lowest BCUT2D eigenvalue weighted by molar-refractivity contribution is 0.0925. The summed E-state index contributed by atoms with van der Waals surface area (Å²) >= 11 is 0. The third-order valence-electron chi connectivity index (χ3n) is 4.34. The Hall–Kier alpha value is -2.50. The van der Waals surface area contributed by atoms with Crippen LogP contribution in [0.5, 0.6) is 5.75 Å². The second-order valence-electron chi connectivity index (χ2n) is 5.82. The number of nitrogens with one attached hydrogen (secondary N) is 1. The van der Waals surface area contributed by atoms with E-state index in [1.807, 2.05) is 12.1 Å². The van der Waals surface area contributed by atoms with Gasteiger partial charge >= 0.3 is 0 Å². The smallest absolute Gasteiger partial charge is 0.257 e. The van der Waals surface area contributed by atoms with Crippen molar-refractivity contribution in [2.24, 2.45) is 7.05 Å². The van der Waals surface area contributed by atoms with Crippen LogP contribution in [0.3, 0.4) is 0 Å². The van der Waals surface area contributed by atoms with E-state index in [-0.39, 0.29) is 11.9 Å². The summed E-state index contributed by atoms with van der Waals surface area (Å²) in [5.41, 5.74) is 9.25. The van der Waals surface area contributed by atoms with Crippen molar-refractivity contribution in [2.45, 2.75) is 32.7 Å². The molecule has 1 amide bonds. The highest BCUT2D eigenvalue weighted by molar-refractivity contribution is 5.99. The molecule has 0 saturated carbocycles. The molecule has 1 unspecified atom stereocenters. The van der Waals surface area contributed by atoms with Crippen LogP contribution in [0.2, 0.25) is 0 Å². The van der Waals surface area contributed by atoms with Gasteiger partial charge in [-0.15, -0.1) is 0 Å². The second kappa shape index (κ2) is 5.95. The average Bonchev–Trinajstić information content (AvgIpc) is 2.79. The summed E-state index contributed by atoms with van der Waals surface area (Å²) in [6, 6.07) is 6.01. The van der Waals surface area contributed by atoms with Crippen molar-refractivity contribution >= 4 is 11.7 Å². The van der Waals surface area contributed by atoms with Gasteiger partial charge in [-0.2, -0.15) is 5.10 Å². The van der Waals surface area contributed by atoms with Gasteiger partial charge in [0.15, 0.2) is 0 Å². The Morgan fingerprint density at radius 1 is 1.52 bits per heavy atom. The normalized spacial score (nSPS) is 16.6. The first-order chi connectivity index (χ1) is 11.0. The highest BCUT2D eigenvalue weighted by Gasteiger charge is 2.27. The van der Waals surface area contributed by atoms with E-state index in [2.05, 4.69) is 23.4 Å². The van der Waals surface area contributed by atoms with Crippen LogP contribution < -0.4 is 15.8 Å². The molecule has 1 aromatic carbocycles. The Morgan fingerprint density at radius 3 is 2.96 bits per heavy atom. The van der Waals surface area contributed by atoms with Gasteiger partial charge in [-0.3, -0.25) is 9.48 Å². The zero-order valence-electron chi connectivity index (χ0n) is 13.7. The molecule has 1 aromatic heterocycles. The molecule has 23 heavy (non-hydrogen) atoms. The van der Waals surface area contributed by atoms with Crippen LogP contribution in [0.25, 0.3) is 0 Å². The number of carbonyl (C=O) groups excluding carboxylic acids is 1. The van der Waals surface area contributed by atoms with E-state index in [0.717, 1.165) is 24.2 Å². The molecule has 1 aliphatic rings. The molecule has 6 heteroatoms. The summed E-state index contributed by atoms with van der Waals surface area (Å²) in [5, 5.41) is 7.29. The molecule has 122 valence electrons. The number of nitrogen functional groups attached to an aromatic ring is 1. The fraction of sp³-hybridized carbons (Fsp3) is 0.412. The van der Waals surface area contributed by atoms with Crippen LogP contribution in [0, 0.1) is 6.92 Å². The quantitative estimate of drug-likeness (QED) is 0.909. The van der Waals surface area contributed by atoms with E-state index in [1.54, 1.807) is 14.0 Å². The summed E-state index contributed by atoms with van der Waals surface area (Å²) in [5.74, 6) is 1.10. The molecule has 0 aliphatic carbocycles. The van der Waals surface area contributed by atoms with Gasteiger partial charge in [-0.05, 0) is 18.9 Å². The van der Waals surface area contributed by atoms with Crippen LogP contribution in [0.1, 0.15) is 46.6 Å². The number of aryl methyl sites for hydroxylation is 3. The standard InChI is InChI=1S/C17H22N4O2/c1-4-11-6-5-7-12-13(8-9-23-15(11)12)19-17(22)14-10(2)20-21(3)16(14)18/h5-7,13H,4,8-9,18H2,1-3H3,(H,19,22). The summed E-state index contributed by atoms with van der Waals surface area (Å²) in [7, 11) is 1.73. The fourth-order valence-electron chi connectivity index (χ4n) is 3.10. The number of nitrogens with two attached hydrogens (primary N) is 1. The molecule has 2 aromatic rings. The van der Waals surface area contributed by atoms with Crippen molar-refractivity contribution in [1.82, 2.24) is 15.1 Å². The number of para-hydroxylation sites is 1. The molecule has 6 nitrogen and oxygen atoms in total. The number of amides is 1. The minimum atomic E-state index is -0.187. The Bertz CT molecular complexity index is 751. The Balaban J connectivity index is 1.89. The number of hydrogen-bond donors (Lipinski definition) is 2. The van der Waals surface area contributed by atoms with E-state index < -0.39 is 0 Å². The molecule has 0 saturated heterocycles. The molecule has 0 spiro atoms. The molecule has 1 atom stereocenters. The van der Waals surface area contributed by atoms with Gasteiger partial charge in [-0.1, -0.05) is 25.1 Å². The molecule has 3 rings (SSSR count). The number of rotatable bonds is 3. The fourth-order valence-corrected chi connectivity index (χ4v) is 3.10. The van der Waals surface area contributed by atoms with Crippen LogP contribution in [0.15, 0.2) is 18.2 Å². The lowest BCUT2D eigenvalue weighted by Gasteiger charge is -2.28. The predicted octanol–water partition coefficient (Wildman–Crippen LogP) is 2.13. The minimum absolute atomic E-state index is 0.0724. The van der Waals surface area contributed by atoms with Crippen LogP contribution in [-0.2, 0) is 13.5 Å². The maximum atomic E-state index is 12.6. The zero-order chi connectivity index (χ0) is 16.6. The maximum absolute atomic E-state index is 12.6. The van der Waals surface area contributed by atoms with Crippen LogP contribution in [0.4, 0.5) is 5.82 Å². The van der Waals surface area contributed by atoms with Crippen LogP contribution >= 0.6 is 0 Å². The van der Waals surface area contributed by atoms with Crippen molar-refractivity contribution in [2.75, 3.05) is 12.3 Å². The molecule has 0 radical (unpaired) electrons. The number of fused-ring (bicyclic) bond motifs is 1. The van der Waals surface area contributed by atoms with E-state index in [4.69, 9.17) is 10.5 Å². The number of ether oxygens (including phenoxy) is 1. The van der Waals surface area contributed by atoms with Crippen molar-refractivity contribution in [1.29, 1.82) is 0 Å². The predicted molar refractivity (Wildman–Crippen MR) is 88.5 cm³/mol. The minimum Gasteiger partial charge on any atom is -0.493 e. The number of anilines is 1. The molecular formula is C17H22N4O2. The van der Waals surface area contributed by atoms with Crippen molar-refractivity contribution in [3.05, 3.63) is 40.6 Å². The lowest BCUT2D eigenvalue weighted by Crippen LogP contribution is -2.33.